The summed E-state index contributed by atoms with van der Waals surface area (Å²) in [4.78, 5) is 0. The Labute approximate surface area is 257 Å². The molecular weight excluding hydrogens is 528 g/mol. The molecule has 0 radical (unpaired) electrons. The second-order valence-corrected chi connectivity index (χ2v) is 11.3. The molecule has 44 heavy (non-hydrogen) atoms. The van der Waals surface area contributed by atoms with E-state index in [-0.39, 0.29) is 0 Å². The van der Waals surface area contributed by atoms with Crippen LogP contribution in [-0.4, -0.2) is 0 Å². The van der Waals surface area contributed by atoms with Crippen LogP contribution < -0.4 is 0 Å². The molecule has 0 spiro atoms. The predicted octanol–water partition coefficient (Wildman–Crippen LogP) is 13.0. The molecule has 0 bridgehead atoms. The van der Waals surface area contributed by atoms with Gasteiger partial charge in [0.15, 0.2) is 0 Å². The maximum absolute atomic E-state index is 2.41. The van der Waals surface area contributed by atoms with Gasteiger partial charge in [-0.05, 0) is 93.0 Å². The van der Waals surface area contributed by atoms with Crippen molar-refractivity contribution >= 4 is 64.6 Å². The molecule has 0 aromatic heterocycles. The molecule has 0 heteroatoms. The van der Waals surface area contributed by atoms with E-state index in [0.717, 1.165) is 0 Å². The molecule has 0 atom stereocenters. The third-order valence-electron chi connectivity index (χ3n) is 9.01. The smallest absolute Gasteiger partial charge is 0.00141 e. The van der Waals surface area contributed by atoms with Gasteiger partial charge in [0.25, 0.3) is 0 Å². The molecule has 9 aromatic rings. The zero-order valence-electron chi connectivity index (χ0n) is 25.0. The van der Waals surface area contributed by atoms with Crippen LogP contribution in [0.5, 0.6) is 0 Å². The Morgan fingerprint density at radius 1 is 0.295 bits per heavy atom. The van der Waals surface area contributed by atoms with Crippen LogP contribution in [0.2, 0.25) is 0 Å². The second kappa shape index (κ2) is 10.7. The highest BCUT2D eigenvalue weighted by molar-refractivity contribution is 6.29. The van der Waals surface area contributed by atoms with Crippen molar-refractivity contribution in [3.8, 4) is 22.3 Å². The van der Waals surface area contributed by atoms with Crippen molar-refractivity contribution in [2.24, 2.45) is 0 Å². The molecular formula is C44H32. The lowest BCUT2D eigenvalue weighted by molar-refractivity contribution is 1.50. The molecule has 0 aliphatic carbocycles. The topological polar surface area (TPSA) is 0 Å². The largest absolute Gasteiger partial charge is 0.0683 e. The van der Waals surface area contributed by atoms with Gasteiger partial charge in [0.2, 0.25) is 0 Å². The first-order chi connectivity index (χ1) is 21.8. The molecule has 0 heterocycles. The summed E-state index contributed by atoms with van der Waals surface area (Å²) in [5.74, 6) is 0. The first-order valence-electron chi connectivity index (χ1n) is 15.6. The highest BCUT2D eigenvalue weighted by atomic mass is 14.2. The SMILES string of the molecule is CC.c1ccc2c(-c3c4ccccc4c(-c4ccc5ccc6ccccc6c5c4)c4c3ccc3ccccc34)cccc2c1. The van der Waals surface area contributed by atoms with Crippen LogP contribution in [0.25, 0.3) is 86.9 Å². The Morgan fingerprint density at radius 3 is 1.50 bits per heavy atom. The van der Waals surface area contributed by atoms with Gasteiger partial charge in [0.05, 0.1) is 0 Å². The Morgan fingerprint density at radius 2 is 0.773 bits per heavy atom. The van der Waals surface area contributed by atoms with Crippen molar-refractivity contribution in [2.75, 3.05) is 0 Å². The normalized spacial score (nSPS) is 11.4. The van der Waals surface area contributed by atoms with E-state index in [9.17, 15) is 0 Å². The van der Waals surface area contributed by atoms with E-state index in [4.69, 9.17) is 0 Å². The van der Waals surface area contributed by atoms with Gasteiger partial charge in [-0.15, -0.1) is 0 Å². The van der Waals surface area contributed by atoms with E-state index < -0.39 is 0 Å². The Balaban J connectivity index is 0.00000142. The van der Waals surface area contributed by atoms with E-state index in [1.54, 1.807) is 0 Å². The van der Waals surface area contributed by atoms with Crippen LogP contribution in [0.1, 0.15) is 13.8 Å². The van der Waals surface area contributed by atoms with Crippen LogP contribution in [0.4, 0.5) is 0 Å². The van der Waals surface area contributed by atoms with Crippen molar-refractivity contribution in [3.63, 3.8) is 0 Å². The minimum Gasteiger partial charge on any atom is -0.0683 e. The fourth-order valence-corrected chi connectivity index (χ4v) is 7.14. The summed E-state index contributed by atoms with van der Waals surface area (Å²) >= 11 is 0. The zero-order valence-corrected chi connectivity index (χ0v) is 25.0. The van der Waals surface area contributed by atoms with Crippen LogP contribution >= 0.6 is 0 Å². The van der Waals surface area contributed by atoms with E-state index >= 15 is 0 Å². The van der Waals surface area contributed by atoms with E-state index in [1.165, 1.54) is 86.9 Å². The van der Waals surface area contributed by atoms with Crippen LogP contribution in [-0.2, 0) is 0 Å². The van der Waals surface area contributed by atoms with Crippen molar-refractivity contribution in [1.82, 2.24) is 0 Å². The number of hydrogen-bond acceptors (Lipinski definition) is 0. The van der Waals surface area contributed by atoms with Crippen molar-refractivity contribution < 1.29 is 0 Å². The molecule has 9 aromatic carbocycles. The molecule has 0 unspecified atom stereocenters. The van der Waals surface area contributed by atoms with Crippen LogP contribution in [0.3, 0.4) is 0 Å². The minimum absolute atomic E-state index is 1.25. The van der Waals surface area contributed by atoms with Gasteiger partial charge in [-0.1, -0.05) is 166 Å². The molecule has 0 N–H and O–H groups in total. The highest BCUT2D eigenvalue weighted by Gasteiger charge is 2.20. The Bertz CT molecular complexity index is 2510. The average molecular weight is 561 g/mol. The summed E-state index contributed by atoms with van der Waals surface area (Å²) in [7, 11) is 0. The maximum Gasteiger partial charge on any atom is -0.00141 e. The number of rotatable bonds is 2. The summed E-state index contributed by atoms with van der Waals surface area (Å²) in [6, 6.07) is 58.1. The molecule has 0 amide bonds. The average Bonchev–Trinajstić information content (AvgIpc) is 3.11. The van der Waals surface area contributed by atoms with Gasteiger partial charge in [-0.2, -0.15) is 0 Å². The molecule has 208 valence electrons. The predicted molar refractivity (Wildman–Crippen MR) is 194 cm³/mol. The van der Waals surface area contributed by atoms with Gasteiger partial charge in [0.1, 0.15) is 0 Å². The van der Waals surface area contributed by atoms with Crippen molar-refractivity contribution in [2.45, 2.75) is 13.8 Å². The Kier molecular flexibility index (Phi) is 6.35. The summed E-state index contributed by atoms with van der Waals surface area (Å²) in [6.07, 6.45) is 0. The zero-order chi connectivity index (χ0) is 29.6. The molecule has 0 saturated carbocycles. The summed E-state index contributed by atoms with van der Waals surface area (Å²) in [5, 5.41) is 15.4. The highest BCUT2D eigenvalue weighted by Crippen LogP contribution is 2.48. The summed E-state index contributed by atoms with van der Waals surface area (Å²) in [5.41, 5.74) is 5.14. The monoisotopic (exact) mass is 560 g/mol. The quantitative estimate of drug-likeness (QED) is 0.146. The Hall–Kier alpha value is -5.46. The van der Waals surface area contributed by atoms with Gasteiger partial charge in [0, 0.05) is 0 Å². The fourth-order valence-electron chi connectivity index (χ4n) is 7.14. The number of benzene rings is 9. The van der Waals surface area contributed by atoms with Crippen molar-refractivity contribution in [1.29, 1.82) is 0 Å². The third-order valence-corrected chi connectivity index (χ3v) is 9.01. The maximum atomic E-state index is 2.41. The lowest BCUT2D eigenvalue weighted by Crippen LogP contribution is -1.93. The first kappa shape index (κ1) is 26.2. The lowest BCUT2D eigenvalue weighted by atomic mass is 9.82. The van der Waals surface area contributed by atoms with Crippen LogP contribution in [0.15, 0.2) is 158 Å². The van der Waals surface area contributed by atoms with Gasteiger partial charge in [-0.25, -0.2) is 0 Å². The first-order valence-corrected chi connectivity index (χ1v) is 15.6. The molecule has 0 aliphatic heterocycles. The second-order valence-electron chi connectivity index (χ2n) is 11.3. The molecule has 0 aliphatic rings. The number of hydrogen-bond donors (Lipinski definition) is 0. The minimum atomic E-state index is 1.25. The van der Waals surface area contributed by atoms with Gasteiger partial charge >= 0.3 is 0 Å². The fraction of sp³-hybridized carbons (Fsp3) is 0.0455. The van der Waals surface area contributed by atoms with Gasteiger partial charge in [-0.3, -0.25) is 0 Å². The standard InChI is InChI=1S/C42H26.C2H6/c1-4-14-32-27(10-1)13-9-19-35(32)41-37-18-8-7-17-36(37)40(42-34-16-6-3-12-29(34)24-25-38(41)42)31-23-22-30-21-20-28-11-2-5-15-33(28)39(30)26-31;1-2/h1-26H;1-2H3. The molecule has 9 rings (SSSR count). The van der Waals surface area contributed by atoms with Crippen molar-refractivity contribution in [3.05, 3.63) is 158 Å². The van der Waals surface area contributed by atoms with Gasteiger partial charge < -0.3 is 0 Å². The molecule has 0 saturated heterocycles. The van der Waals surface area contributed by atoms with E-state index in [2.05, 4.69) is 158 Å². The summed E-state index contributed by atoms with van der Waals surface area (Å²) < 4.78 is 0. The number of fused-ring (bicyclic) bond motifs is 8. The van der Waals surface area contributed by atoms with E-state index in [1.807, 2.05) is 13.8 Å². The lowest BCUT2D eigenvalue weighted by Gasteiger charge is -2.20. The van der Waals surface area contributed by atoms with E-state index in [0.29, 0.717) is 0 Å². The molecule has 0 nitrogen and oxygen atoms in total. The summed E-state index contributed by atoms with van der Waals surface area (Å²) in [6.45, 7) is 4.00. The third kappa shape index (κ3) is 3.99. The molecule has 0 fully saturated rings. The van der Waals surface area contributed by atoms with Crippen LogP contribution in [0, 0.1) is 0 Å².